The molecule has 0 radical (unpaired) electrons. The van der Waals surface area contributed by atoms with Crippen molar-refractivity contribution in [1.29, 1.82) is 0 Å². The maximum Gasteiger partial charge on any atom is 0.245 e. The molecule has 3 N–H and O–H groups in total. The maximum absolute atomic E-state index is 13.3. The van der Waals surface area contributed by atoms with Gasteiger partial charge in [0.15, 0.2) is 0 Å². The Balaban J connectivity index is 1.53. The number of ether oxygens (including phenoxy) is 1. The second-order valence-corrected chi connectivity index (χ2v) is 9.76. The van der Waals surface area contributed by atoms with E-state index in [-0.39, 0.29) is 23.1 Å². The third-order valence-corrected chi connectivity index (χ3v) is 7.46. The summed E-state index contributed by atoms with van der Waals surface area (Å²) >= 11 is 0. The fraction of sp³-hybridized carbons (Fsp3) is 0.455. The van der Waals surface area contributed by atoms with E-state index < -0.39 is 16.1 Å². The summed E-state index contributed by atoms with van der Waals surface area (Å²) in [5.41, 5.74) is 7.13. The van der Waals surface area contributed by atoms with E-state index in [0.29, 0.717) is 24.7 Å². The van der Waals surface area contributed by atoms with Gasteiger partial charge >= 0.3 is 0 Å². The number of methoxy groups -OCH3 is 1. The summed E-state index contributed by atoms with van der Waals surface area (Å²) in [4.78, 5) is 21.2. The molecule has 4 rings (SSSR count). The summed E-state index contributed by atoms with van der Waals surface area (Å²) in [6.07, 6.45) is 5.72. The Hall–Kier alpha value is -2.53. The lowest BCUT2D eigenvalue weighted by molar-refractivity contribution is -0.134. The monoisotopic (exact) mass is 459 g/mol. The molecule has 2 heterocycles. The number of sulfonamides is 1. The first-order valence-corrected chi connectivity index (χ1v) is 12.3. The topological polar surface area (TPSA) is 118 Å². The van der Waals surface area contributed by atoms with Crippen LogP contribution in [0.3, 0.4) is 0 Å². The highest BCUT2D eigenvalue weighted by molar-refractivity contribution is 7.89. The first-order valence-electron chi connectivity index (χ1n) is 10.8. The van der Waals surface area contributed by atoms with Crippen molar-refractivity contribution in [2.45, 2.75) is 29.8 Å². The molecule has 1 aliphatic carbocycles. The van der Waals surface area contributed by atoms with Crippen LogP contribution >= 0.6 is 0 Å². The highest BCUT2D eigenvalue weighted by atomic mass is 32.2. The average molecular weight is 460 g/mol. The molecule has 1 atom stereocenters. The normalized spacial score (nSPS) is 18.4. The second kappa shape index (κ2) is 9.53. The SMILES string of the molecule is COc1c(-c2cccnc2)cccc1S(=O)(=O)N[C@@H](CN)C(=O)N1CCN(C2CC2)CC1. The molecule has 1 aromatic carbocycles. The smallest absolute Gasteiger partial charge is 0.245 e. The van der Waals surface area contributed by atoms with E-state index in [9.17, 15) is 13.2 Å². The number of benzene rings is 1. The van der Waals surface area contributed by atoms with Gasteiger partial charge in [-0.1, -0.05) is 18.2 Å². The van der Waals surface area contributed by atoms with Crippen LogP contribution in [-0.2, 0) is 14.8 Å². The fourth-order valence-corrected chi connectivity index (χ4v) is 5.50. The number of amides is 1. The minimum atomic E-state index is -4.08. The molecule has 1 aromatic heterocycles. The number of nitrogens with two attached hydrogens (primary N) is 1. The molecule has 32 heavy (non-hydrogen) atoms. The number of nitrogens with one attached hydrogen (secondary N) is 1. The van der Waals surface area contributed by atoms with Crippen molar-refractivity contribution >= 4 is 15.9 Å². The van der Waals surface area contributed by atoms with Gasteiger partial charge in [-0.3, -0.25) is 14.7 Å². The first kappa shape index (κ1) is 22.7. The molecule has 1 amide bonds. The van der Waals surface area contributed by atoms with Gasteiger partial charge in [0.25, 0.3) is 0 Å². The molecular weight excluding hydrogens is 430 g/mol. The van der Waals surface area contributed by atoms with Gasteiger partial charge in [-0.2, -0.15) is 4.72 Å². The number of rotatable bonds is 8. The standard InChI is InChI=1S/C22H29N5O4S/c1-31-21-18(16-4-3-9-24-15-16)5-2-6-20(21)32(29,30)25-19(14-23)22(28)27-12-10-26(11-13-27)17-7-8-17/h2-6,9,15,17,19,25H,7-8,10-14,23H2,1H3/t19-/m0/s1. The Kier molecular flexibility index (Phi) is 6.75. The lowest BCUT2D eigenvalue weighted by Crippen LogP contribution is -2.57. The third-order valence-electron chi connectivity index (χ3n) is 5.97. The Morgan fingerprint density at radius 1 is 1.22 bits per heavy atom. The zero-order chi connectivity index (χ0) is 22.7. The Labute approximate surface area is 188 Å². The minimum absolute atomic E-state index is 0.0499. The number of aromatic nitrogens is 1. The van der Waals surface area contributed by atoms with Crippen LogP contribution in [0.5, 0.6) is 5.75 Å². The number of hydrogen-bond acceptors (Lipinski definition) is 7. The van der Waals surface area contributed by atoms with Crippen LogP contribution in [0.1, 0.15) is 12.8 Å². The Morgan fingerprint density at radius 2 is 1.97 bits per heavy atom. The van der Waals surface area contributed by atoms with E-state index in [2.05, 4.69) is 14.6 Å². The van der Waals surface area contributed by atoms with Crippen molar-refractivity contribution in [3.05, 3.63) is 42.7 Å². The van der Waals surface area contributed by atoms with Crippen molar-refractivity contribution < 1.29 is 17.9 Å². The highest BCUT2D eigenvalue weighted by Crippen LogP contribution is 2.35. The van der Waals surface area contributed by atoms with Crippen LogP contribution in [0.4, 0.5) is 0 Å². The molecule has 2 aromatic rings. The van der Waals surface area contributed by atoms with Gasteiger partial charge in [0.05, 0.1) is 7.11 Å². The molecule has 2 fully saturated rings. The molecule has 0 bridgehead atoms. The summed E-state index contributed by atoms with van der Waals surface area (Å²) in [5, 5.41) is 0. The maximum atomic E-state index is 13.3. The van der Waals surface area contributed by atoms with Gasteiger partial charge in [0, 0.05) is 62.3 Å². The van der Waals surface area contributed by atoms with Crippen molar-refractivity contribution in [2.75, 3.05) is 39.8 Å². The molecule has 1 saturated carbocycles. The predicted molar refractivity (Wildman–Crippen MR) is 121 cm³/mol. The molecule has 10 heteroatoms. The van der Waals surface area contributed by atoms with Gasteiger partial charge < -0.3 is 15.4 Å². The summed E-state index contributed by atoms with van der Waals surface area (Å²) in [6.45, 7) is 2.63. The van der Waals surface area contributed by atoms with E-state index >= 15 is 0 Å². The third kappa shape index (κ3) is 4.78. The fourth-order valence-electron chi connectivity index (χ4n) is 4.11. The number of pyridine rings is 1. The zero-order valence-corrected chi connectivity index (χ0v) is 18.9. The van der Waals surface area contributed by atoms with Gasteiger partial charge in [-0.15, -0.1) is 0 Å². The van der Waals surface area contributed by atoms with Crippen LogP contribution in [0.15, 0.2) is 47.6 Å². The molecule has 172 valence electrons. The van der Waals surface area contributed by atoms with Crippen LogP contribution in [-0.4, -0.2) is 81.0 Å². The van der Waals surface area contributed by atoms with Gasteiger partial charge in [-0.05, 0) is 25.0 Å². The van der Waals surface area contributed by atoms with Crippen molar-refractivity contribution in [3.8, 4) is 16.9 Å². The largest absolute Gasteiger partial charge is 0.495 e. The molecule has 1 aliphatic heterocycles. The molecule has 0 unspecified atom stereocenters. The lowest BCUT2D eigenvalue weighted by Gasteiger charge is -2.36. The van der Waals surface area contributed by atoms with Crippen LogP contribution in [0.25, 0.3) is 11.1 Å². The van der Waals surface area contributed by atoms with Crippen LogP contribution in [0, 0.1) is 0 Å². The van der Waals surface area contributed by atoms with Gasteiger partial charge in [-0.25, -0.2) is 8.42 Å². The van der Waals surface area contributed by atoms with Crippen molar-refractivity contribution in [1.82, 2.24) is 19.5 Å². The Morgan fingerprint density at radius 3 is 2.56 bits per heavy atom. The van der Waals surface area contributed by atoms with E-state index in [1.54, 1.807) is 35.5 Å². The molecule has 9 nitrogen and oxygen atoms in total. The number of carbonyl (C=O) groups is 1. The van der Waals surface area contributed by atoms with Crippen LogP contribution in [0.2, 0.25) is 0 Å². The molecular formula is C22H29N5O4S. The average Bonchev–Trinajstić information content (AvgIpc) is 3.68. The van der Waals surface area contributed by atoms with Gasteiger partial charge in [0.1, 0.15) is 16.7 Å². The first-order chi connectivity index (χ1) is 15.4. The molecule has 0 spiro atoms. The Bertz CT molecular complexity index is 1050. The lowest BCUT2D eigenvalue weighted by atomic mass is 10.1. The van der Waals surface area contributed by atoms with Crippen LogP contribution < -0.4 is 15.2 Å². The molecule has 1 saturated heterocycles. The van der Waals surface area contributed by atoms with Crippen molar-refractivity contribution in [2.24, 2.45) is 5.73 Å². The second-order valence-electron chi connectivity index (χ2n) is 8.08. The minimum Gasteiger partial charge on any atom is -0.495 e. The molecule has 2 aliphatic rings. The van der Waals surface area contributed by atoms with Crippen molar-refractivity contribution in [3.63, 3.8) is 0 Å². The summed E-state index contributed by atoms with van der Waals surface area (Å²) < 4.78 is 34.5. The van der Waals surface area contributed by atoms with E-state index in [1.807, 2.05) is 6.07 Å². The summed E-state index contributed by atoms with van der Waals surface area (Å²) in [6, 6.07) is 8.04. The summed E-state index contributed by atoms with van der Waals surface area (Å²) in [5.74, 6) is -0.108. The number of hydrogen-bond donors (Lipinski definition) is 2. The van der Waals surface area contributed by atoms with E-state index in [0.717, 1.165) is 18.7 Å². The zero-order valence-electron chi connectivity index (χ0n) is 18.1. The van der Waals surface area contributed by atoms with E-state index in [4.69, 9.17) is 10.5 Å². The van der Waals surface area contributed by atoms with E-state index in [1.165, 1.54) is 26.0 Å². The number of nitrogens with zero attached hydrogens (tertiary/aromatic N) is 3. The quantitative estimate of drug-likeness (QED) is 0.596. The number of piperazine rings is 1. The highest BCUT2D eigenvalue weighted by Gasteiger charge is 2.35. The predicted octanol–water partition coefficient (Wildman–Crippen LogP) is 0.669. The summed E-state index contributed by atoms with van der Waals surface area (Å²) in [7, 11) is -2.66. The van der Waals surface area contributed by atoms with Gasteiger partial charge in [0.2, 0.25) is 15.9 Å². The number of para-hydroxylation sites is 1. The number of carbonyl (C=O) groups excluding carboxylic acids is 1.